The number of nitrogens with zero attached hydrogens (tertiary/aromatic N) is 8. The fourth-order valence-corrected chi connectivity index (χ4v) is 4.21. The molecule has 0 atom stereocenters. The van der Waals surface area contributed by atoms with E-state index in [-0.39, 0.29) is 56.1 Å². The van der Waals surface area contributed by atoms with E-state index in [2.05, 4.69) is 20.5 Å². The first-order valence-corrected chi connectivity index (χ1v) is 13.4. The van der Waals surface area contributed by atoms with E-state index in [4.69, 9.17) is 9.47 Å². The van der Waals surface area contributed by atoms with Crippen LogP contribution < -0.4 is 11.1 Å². The van der Waals surface area contributed by atoms with Crippen LogP contribution in [-0.2, 0) is 23.6 Å². The Morgan fingerprint density at radius 1 is 0.702 bits per heavy atom. The van der Waals surface area contributed by atoms with E-state index in [9.17, 15) is 39.9 Å². The van der Waals surface area contributed by atoms with Crippen LogP contribution in [0.3, 0.4) is 0 Å². The summed E-state index contributed by atoms with van der Waals surface area (Å²) >= 11 is 0. The van der Waals surface area contributed by atoms with Crippen molar-refractivity contribution in [1.29, 1.82) is 10.5 Å². The maximum absolute atomic E-state index is 12.9. The molecule has 0 aliphatic rings. The number of carbonyl (C=O) groups is 2. The number of pyridine rings is 2. The Kier molecular flexibility index (Phi) is 9.67. The van der Waals surface area contributed by atoms with Gasteiger partial charge in [-0.15, -0.1) is 20.5 Å². The molecule has 0 fully saturated rings. The first kappa shape index (κ1) is 33.0. The zero-order valence-electron chi connectivity index (χ0n) is 25.2. The molecule has 2 aromatic carbocycles. The molecule has 0 unspecified atom stereocenters. The molecule has 16 nitrogen and oxygen atoms in total. The van der Waals surface area contributed by atoms with Crippen molar-refractivity contribution < 1.29 is 29.3 Å². The molecule has 236 valence electrons. The number of carbonyl (C=O) groups excluding carboxylic acids is 2. The molecule has 0 spiro atoms. The van der Waals surface area contributed by atoms with Crippen molar-refractivity contribution in [3.05, 3.63) is 103 Å². The molecule has 0 saturated carbocycles. The number of esters is 2. The Hall–Kier alpha value is -6.94. The quantitative estimate of drug-likeness (QED) is 0.154. The van der Waals surface area contributed by atoms with E-state index < -0.39 is 41.6 Å². The summed E-state index contributed by atoms with van der Waals surface area (Å²) in [5.74, 6) is -2.93. The summed E-state index contributed by atoms with van der Waals surface area (Å²) in [6.45, 7) is 2.02. The van der Waals surface area contributed by atoms with Crippen LogP contribution in [0.15, 0.2) is 78.6 Å². The van der Waals surface area contributed by atoms with Crippen LogP contribution in [0, 0.1) is 36.5 Å². The molecule has 0 aliphatic carbocycles. The molecule has 16 heteroatoms. The Bertz CT molecular complexity index is 2050. The third-order valence-corrected chi connectivity index (χ3v) is 6.92. The van der Waals surface area contributed by atoms with Gasteiger partial charge in [-0.25, -0.2) is 9.59 Å². The normalized spacial score (nSPS) is 10.9. The van der Waals surface area contributed by atoms with Crippen molar-refractivity contribution in [3.63, 3.8) is 0 Å². The number of hydrogen-bond acceptors (Lipinski definition) is 14. The maximum atomic E-state index is 12.9. The number of aromatic hydroxyl groups is 2. The fraction of sp³-hybridized carbons (Fsp3) is 0.161. The summed E-state index contributed by atoms with van der Waals surface area (Å²) in [6.07, 6.45) is 0. The molecule has 2 N–H and O–H groups in total. The minimum atomic E-state index is -0.944. The third kappa shape index (κ3) is 6.47. The molecule has 4 aromatic rings. The minimum absolute atomic E-state index is 0.00200. The molecular formula is C31H24N8O8. The molecule has 0 amide bonds. The van der Waals surface area contributed by atoms with Gasteiger partial charge >= 0.3 is 11.9 Å². The van der Waals surface area contributed by atoms with Gasteiger partial charge in [-0.05, 0) is 38.1 Å². The second-order valence-corrected chi connectivity index (χ2v) is 9.71. The van der Waals surface area contributed by atoms with Crippen molar-refractivity contribution in [2.45, 2.75) is 13.8 Å². The molecule has 2 heterocycles. The maximum Gasteiger partial charge on any atom is 0.343 e. The molecule has 4 rings (SSSR count). The van der Waals surface area contributed by atoms with Crippen molar-refractivity contribution in [2.75, 3.05) is 6.79 Å². The second kappa shape index (κ2) is 13.8. The second-order valence-electron chi connectivity index (χ2n) is 9.71. The van der Waals surface area contributed by atoms with Gasteiger partial charge in [0.1, 0.15) is 34.6 Å². The highest BCUT2D eigenvalue weighted by Crippen LogP contribution is 2.29. The van der Waals surface area contributed by atoms with Gasteiger partial charge in [-0.3, -0.25) is 18.7 Å². The summed E-state index contributed by atoms with van der Waals surface area (Å²) < 4.78 is 11.9. The number of aromatic nitrogens is 2. The highest BCUT2D eigenvalue weighted by Gasteiger charge is 2.20. The molecule has 0 saturated heterocycles. The smallest absolute Gasteiger partial charge is 0.343 e. The summed E-state index contributed by atoms with van der Waals surface area (Å²) in [7, 11) is 2.52. The molecule has 0 bridgehead atoms. The summed E-state index contributed by atoms with van der Waals surface area (Å²) in [6, 6.07) is 15.3. The van der Waals surface area contributed by atoms with Gasteiger partial charge in [-0.1, -0.05) is 24.3 Å². The van der Waals surface area contributed by atoms with Gasteiger partial charge in [0.05, 0.1) is 11.1 Å². The number of benzene rings is 2. The van der Waals surface area contributed by atoms with Crippen LogP contribution in [0.1, 0.15) is 43.0 Å². The predicted octanol–water partition coefficient (Wildman–Crippen LogP) is 4.66. The Morgan fingerprint density at radius 2 is 1.06 bits per heavy atom. The van der Waals surface area contributed by atoms with Gasteiger partial charge in [0, 0.05) is 25.2 Å². The zero-order valence-corrected chi connectivity index (χ0v) is 25.2. The number of hydrogen-bond donors (Lipinski definition) is 2. The molecule has 47 heavy (non-hydrogen) atoms. The monoisotopic (exact) mass is 636 g/mol. The van der Waals surface area contributed by atoms with E-state index in [1.165, 1.54) is 64.3 Å². The first-order valence-electron chi connectivity index (χ1n) is 13.4. The third-order valence-electron chi connectivity index (χ3n) is 6.92. The van der Waals surface area contributed by atoms with E-state index >= 15 is 0 Å². The summed E-state index contributed by atoms with van der Waals surface area (Å²) in [5, 5.41) is 54.6. The minimum Gasteiger partial charge on any atom is -0.493 e. The van der Waals surface area contributed by atoms with E-state index in [0.29, 0.717) is 0 Å². The summed E-state index contributed by atoms with van der Waals surface area (Å²) in [5.41, 5.74) is -2.19. The van der Waals surface area contributed by atoms with Gasteiger partial charge in [0.2, 0.25) is 18.6 Å². The van der Waals surface area contributed by atoms with Crippen LogP contribution in [0.4, 0.5) is 22.7 Å². The molecule has 0 aliphatic heterocycles. The van der Waals surface area contributed by atoms with Gasteiger partial charge in [-0.2, -0.15) is 10.5 Å². The highest BCUT2D eigenvalue weighted by molar-refractivity contribution is 5.96. The van der Waals surface area contributed by atoms with Crippen LogP contribution >= 0.6 is 0 Å². The first-order chi connectivity index (χ1) is 22.4. The van der Waals surface area contributed by atoms with Crippen molar-refractivity contribution in [2.24, 2.45) is 34.6 Å². The average molecular weight is 637 g/mol. The van der Waals surface area contributed by atoms with E-state index in [1.54, 1.807) is 24.3 Å². The standard InChI is InChI=1S/C31H24N8O8/c1-16-20(13-32)26(40)38(3)28(42)24(16)36-34-22-11-7-5-9-18(22)30(44)46-15-47-31(45)19-10-6-8-12-23(19)35-37-25-17(2)21(14-33)27(41)39(4)29(25)43/h5-12,40-41H,15H2,1-4H3. The van der Waals surface area contributed by atoms with E-state index in [1.807, 2.05) is 0 Å². The predicted molar refractivity (Wildman–Crippen MR) is 163 cm³/mol. The Labute approximate surface area is 265 Å². The largest absolute Gasteiger partial charge is 0.493 e. The number of rotatable bonds is 8. The average Bonchev–Trinajstić information content (AvgIpc) is 3.07. The highest BCUT2D eigenvalue weighted by atomic mass is 16.7. The number of ether oxygens (including phenoxy) is 2. The van der Waals surface area contributed by atoms with Crippen LogP contribution in [0.25, 0.3) is 0 Å². The van der Waals surface area contributed by atoms with Gasteiger partial charge in [0.25, 0.3) is 11.1 Å². The SMILES string of the molecule is Cc1c(C#N)c(O)n(C)c(=O)c1N=Nc1ccccc1C(=O)OCOC(=O)c1ccccc1N=Nc1c(C)c(C#N)c(O)n(C)c1=O. The fourth-order valence-electron chi connectivity index (χ4n) is 4.21. The van der Waals surface area contributed by atoms with Crippen molar-refractivity contribution in [1.82, 2.24) is 9.13 Å². The summed E-state index contributed by atoms with van der Waals surface area (Å²) in [4.78, 5) is 50.9. The number of nitriles is 2. The van der Waals surface area contributed by atoms with Gasteiger partial charge < -0.3 is 19.7 Å². The lowest BCUT2D eigenvalue weighted by Gasteiger charge is -2.10. The zero-order chi connectivity index (χ0) is 34.4. The lowest BCUT2D eigenvalue weighted by Crippen LogP contribution is -2.18. The van der Waals surface area contributed by atoms with Crippen molar-refractivity contribution in [3.8, 4) is 23.9 Å². The lowest BCUT2D eigenvalue weighted by molar-refractivity contribution is -0.0166. The van der Waals surface area contributed by atoms with Gasteiger partial charge in [0.15, 0.2) is 11.4 Å². The van der Waals surface area contributed by atoms with Crippen LogP contribution in [0.2, 0.25) is 0 Å². The Balaban J connectivity index is 1.50. The van der Waals surface area contributed by atoms with Crippen LogP contribution in [0.5, 0.6) is 11.8 Å². The molecule has 0 radical (unpaired) electrons. The Morgan fingerprint density at radius 3 is 1.43 bits per heavy atom. The topological polar surface area (TPSA) is 234 Å². The number of azo groups is 2. The van der Waals surface area contributed by atoms with Crippen LogP contribution in [-0.4, -0.2) is 38.1 Å². The lowest BCUT2D eigenvalue weighted by atomic mass is 10.1. The van der Waals surface area contributed by atoms with E-state index in [0.717, 1.165) is 9.13 Å². The van der Waals surface area contributed by atoms with Crippen molar-refractivity contribution >= 4 is 34.7 Å². The molecule has 2 aromatic heterocycles. The molecular weight excluding hydrogens is 612 g/mol.